The van der Waals surface area contributed by atoms with Crippen LogP contribution in [-0.2, 0) is 9.53 Å². The Bertz CT molecular complexity index is 684. The average Bonchev–Trinajstić information content (AvgIpc) is 3.03. The van der Waals surface area contributed by atoms with Gasteiger partial charge >= 0.3 is 0 Å². The van der Waals surface area contributed by atoms with Crippen molar-refractivity contribution in [1.29, 1.82) is 0 Å². The van der Waals surface area contributed by atoms with Crippen LogP contribution in [0.25, 0.3) is 11.0 Å². The van der Waals surface area contributed by atoms with Crippen molar-refractivity contribution in [3.05, 3.63) is 16.1 Å². The van der Waals surface area contributed by atoms with Gasteiger partial charge in [-0.25, -0.2) is 0 Å². The summed E-state index contributed by atoms with van der Waals surface area (Å²) in [6.45, 7) is 0.647. The number of aromatic nitrogens is 2. The van der Waals surface area contributed by atoms with Crippen LogP contribution in [0.15, 0.2) is 6.07 Å². The summed E-state index contributed by atoms with van der Waals surface area (Å²) in [7, 11) is 0. The SMILES string of the molecule is NC1(C(=O)Nc2c(Cl)cc(Cl)c3nsnc23)CCOC1. The first-order chi connectivity index (χ1) is 9.51. The summed E-state index contributed by atoms with van der Waals surface area (Å²) in [5.41, 5.74) is 6.31. The van der Waals surface area contributed by atoms with Gasteiger partial charge in [0.25, 0.3) is 0 Å². The van der Waals surface area contributed by atoms with E-state index in [1.165, 1.54) is 6.07 Å². The van der Waals surface area contributed by atoms with Gasteiger partial charge < -0.3 is 15.8 Å². The molecule has 1 aromatic carbocycles. The van der Waals surface area contributed by atoms with Crippen LogP contribution in [0.3, 0.4) is 0 Å². The van der Waals surface area contributed by atoms with E-state index < -0.39 is 5.54 Å². The maximum Gasteiger partial charge on any atom is 0.247 e. The molecule has 6 nitrogen and oxygen atoms in total. The van der Waals surface area contributed by atoms with Crippen molar-refractivity contribution in [3.63, 3.8) is 0 Å². The van der Waals surface area contributed by atoms with Crippen LogP contribution in [0, 0.1) is 0 Å². The van der Waals surface area contributed by atoms with Gasteiger partial charge in [0, 0.05) is 6.61 Å². The van der Waals surface area contributed by atoms with E-state index in [4.69, 9.17) is 33.7 Å². The van der Waals surface area contributed by atoms with Crippen molar-refractivity contribution in [3.8, 4) is 0 Å². The van der Waals surface area contributed by atoms with Gasteiger partial charge in [0.2, 0.25) is 5.91 Å². The first-order valence-electron chi connectivity index (χ1n) is 5.79. The molecule has 2 heterocycles. The molecule has 1 fully saturated rings. The molecule has 1 aliphatic heterocycles. The third-order valence-electron chi connectivity index (χ3n) is 3.19. The van der Waals surface area contributed by atoms with Gasteiger partial charge in [-0.1, -0.05) is 23.2 Å². The molecule has 3 N–H and O–H groups in total. The first-order valence-corrected chi connectivity index (χ1v) is 7.28. The maximum absolute atomic E-state index is 12.3. The van der Waals surface area contributed by atoms with Gasteiger partial charge in [-0.15, -0.1) is 0 Å². The highest BCUT2D eigenvalue weighted by Crippen LogP contribution is 2.35. The van der Waals surface area contributed by atoms with Crippen molar-refractivity contribution in [1.82, 2.24) is 8.75 Å². The van der Waals surface area contributed by atoms with Gasteiger partial charge in [0.05, 0.1) is 34.1 Å². The minimum absolute atomic E-state index is 0.183. The predicted octanol–water partition coefficient (Wildman–Crippen LogP) is 2.05. The number of ether oxygens (including phenoxy) is 1. The van der Waals surface area contributed by atoms with Crippen LogP contribution in [0.1, 0.15) is 6.42 Å². The zero-order chi connectivity index (χ0) is 14.3. The van der Waals surface area contributed by atoms with Crippen LogP contribution in [0.2, 0.25) is 10.0 Å². The number of amides is 1. The lowest BCUT2D eigenvalue weighted by Gasteiger charge is -2.21. The Kier molecular flexibility index (Phi) is 3.55. The van der Waals surface area contributed by atoms with Crippen molar-refractivity contribution in [2.75, 3.05) is 18.5 Å². The highest BCUT2D eigenvalue weighted by atomic mass is 35.5. The summed E-state index contributed by atoms with van der Waals surface area (Å²) in [6.07, 6.45) is 0.461. The number of fused-ring (bicyclic) bond motifs is 1. The molecule has 0 radical (unpaired) electrons. The molecule has 1 saturated heterocycles. The van der Waals surface area contributed by atoms with Crippen molar-refractivity contribution >= 4 is 57.6 Å². The summed E-state index contributed by atoms with van der Waals surface area (Å²) in [4.78, 5) is 12.3. The predicted molar refractivity (Wildman–Crippen MR) is 78.4 cm³/mol. The summed E-state index contributed by atoms with van der Waals surface area (Å²) in [5.74, 6) is -0.353. The van der Waals surface area contributed by atoms with Gasteiger partial charge in [0.15, 0.2) is 0 Å². The second kappa shape index (κ2) is 5.09. The van der Waals surface area contributed by atoms with Crippen molar-refractivity contribution in [2.45, 2.75) is 12.0 Å². The van der Waals surface area contributed by atoms with E-state index in [2.05, 4.69) is 14.1 Å². The minimum atomic E-state index is -1.04. The fraction of sp³-hybridized carbons (Fsp3) is 0.364. The van der Waals surface area contributed by atoms with E-state index in [-0.39, 0.29) is 12.5 Å². The number of hydrogen-bond acceptors (Lipinski definition) is 6. The van der Waals surface area contributed by atoms with E-state index in [9.17, 15) is 4.79 Å². The van der Waals surface area contributed by atoms with Crippen LogP contribution < -0.4 is 11.1 Å². The van der Waals surface area contributed by atoms with Gasteiger partial charge in [-0.05, 0) is 12.5 Å². The Labute approximate surface area is 128 Å². The zero-order valence-corrected chi connectivity index (χ0v) is 12.5. The number of benzene rings is 1. The molecule has 1 aromatic heterocycles. The number of nitrogens with zero attached hydrogens (tertiary/aromatic N) is 2. The monoisotopic (exact) mass is 332 g/mol. The molecule has 1 atom stereocenters. The molecule has 1 aliphatic rings. The fourth-order valence-corrected chi connectivity index (χ4v) is 3.15. The van der Waals surface area contributed by atoms with Crippen molar-refractivity contribution < 1.29 is 9.53 Å². The molecule has 20 heavy (non-hydrogen) atoms. The second-order valence-electron chi connectivity index (χ2n) is 4.59. The van der Waals surface area contributed by atoms with Crippen LogP contribution in [0.5, 0.6) is 0 Å². The number of rotatable bonds is 2. The summed E-state index contributed by atoms with van der Waals surface area (Å²) in [6, 6.07) is 1.52. The molecule has 0 saturated carbocycles. The highest BCUT2D eigenvalue weighted by Gasteiger charge is 2.38. The molecular formula is C11H10Cl2N4O2S. The number of anilines is 1. The molecule has 2 aromatic rings. The first kappa shape index (κ1) is 14.0. The van der Waals surface area contributed by atoms with E-state index in [0.29, 0.717) is 39.8 Å². The Morgan fingerprint density at radius 2 is 2.15 bits per heavy atom. The molecule has 0 bridgehead atoms. The number of nitrogens with one attached hydrogen (secondary N) is 1. The maximum atomic E-state index is 12.3. The van der Waals surface area contributed by atoms with E-state index >= 15 is 0 Å². The van der Waals surface area contributed by atoms with E-state index in [1.807, 2.05) is 0 Å². The van der Waals surface area contributed by atoms with E-state index in [0.717, 1.165) is 11.7 Å². The minimum Gasteiger partial charge on any atom is -0.379 e. The Balaban J connectivity index is 1.99. The Hall–Kier alpha value is -0.990. The van der Waals surface area contributed by atoms with Crippen LogP contribution in [-0.4, -0.2) is 33.4 Å². The third-order valence-corrected chi connectivity index (χ3v) is 4.30. The Morgan fingerprint density at radius 1 is 1.40 bits per heavy atom. The highest BCUT2D eigenvalue weighted by molar-refractivity contribution is 7.00. The summed E-state index contributed by atoms with van der Waals surface area (Å²) >= 11 is 13.2. The second-order valence-corrected chi connectivity index (χ2v) is 5.93. The van der Waals surface area contributed by atoms with Gasteiger partial charge in [-0.3, -0.25) is 4.79 Å². The summed E-state index contributed by atoms with van der Waals surface area (Å²) < 4.78 is 13.4. The molecule has 9 heteroatoms. The van der Waals surface area contributed by atoms with E-state index in [1.54, 1.807) is 0 Å². The lowest BCUT2D eigenvalue weighted by Crippen LogP contribution is -2.51. The summed E-state index contributed by atoms with van der Waals surface area (Å²) in [5, 5.41) is 3.41. The number of nitrogens with two attached hydrogens (primary N) is 1. The molecule has 0 aliphatic carbocycles. The molecule has 106 valence electrons. The largest absolute Gasteiger partial charge is 0.379 e. The molecule has 0 spiro atoms. The number of carbonyl (C=O) groups excluding carboxylic acids is 1. The Morgan fingerprint density at radius 3 is 2.85 bits per heavy atom. The lowest BCUT2D eigenvalue weighted by molar-refractivity contribution is -0.121. The smallest absolute Gasteiger partial charge is 0.247 e. The average molecular weight is 333 g/mol. The lowest BCUT2D eigenvalue weighted by atomic mass is 9.99. The van der Waals surface area contributed by atoms with Gasteiger partial charge in [0.1, 0.15) is 16.6 Å². The normalized spacial score (nSPS) is 22.4. The molecule has 1 unspecified atom stereocenters. The molecule has 3 rings (SSSR count). The standard InChI is InChI=1S/C11H10Cl2N4O2S/c12-5-3-6(13)8-9(17-20-16-8)7(5)15-10(18)11(14)1-2-19-4-11/h3H,1-2,4,14H2,(H,15,18). The fourth-order valence-electron chi connectivity index (χ4n) is 1.99. The third kappa shape index (κ3) is 2.25. The van der Waals surface area contributed by atoms with Gasteiger partial charge in [-0.2, -0.15) is 8.75 Å². The number of halogens is 2. The number of carbonyl (C=O) groups is 1. The van der Waals surface area contributed by atoms with Crippen molar-refractivity contribution in [2.24, 2.45) is 5.73 Å². The topological polar surface area (TPSA) is 90.1 Å². The number of hydrogen-bond donors (Lipinski definition) is 2. The zero-order valence-electron chi connectivity index (χ0n) is 10.2. The quantitative estimate of drug-likeness (QED) is 0.878. The van der Waals surface area contributed by atoms with Crippen LogP contribution in [0.4, 0.5) is 5.69 Å². The van der Waals surface area contributed by atoms with Crippen LogP contribution >= 0.6 is 34.9 Å². The molecular weight excluding hydrogens is 323 g/mol. The molecule has 1 amide bonds.